The zero-order chi connectivity index (χ0) is 14.9. The van der Waals surface area contributed by atoms with E-state index in [4.69, 9.17) is 0 Å². The van der Waals surface area contributed by atoms with Crippen LogP contribution in [0, 0.1) is 20.8 Å². The molecule has 0 radical (unpaired) electrons. The lowest BCUT2D eigenvalue weighted by Crippen LogP contribution is -2.14. The van der Waals surface area contributed by atoms with Gasteiger partial charge >= 0.3 is 0 Å². The molecule has 0 fully saturated rings. The topological polar surface area (TPSA) is 66.4 Å². The molecule has 0 atom stereocenters. The van der Waals surface area contributed by atoms with Crippen molar-refractivity contribution < 1.29 is 13.5 Å². The van der Waals surface area contributed by atoms with Gasteiger partial charge in [-0.2, -0.15) is 0 Å². The van der Waals surface area contributed by atoms with Gasteiger partial charge in [-0.1, -0.05) is 18.2 Å². The Labute approximate surface area is 119 Å². The number of rotatable bonds is 3. The number of hydrogen-bond acceptors (Lipinski definition) is 3. The molecule has 106 valence electrons. The molecular formula is C15H17NO3S. The van der Waals surface area contributed by atoms with Crippen LogP contribution in [0.3, 0.4) is 0 Å². The van der Waals surface area contributed by atoms with E-state index in [1.54, 1.807) is 31.2 Å². The third kappa shape index (κ3) is 2.93. The van der Waals surface area contributed by atoms with Crippen molar-refractivity contribution in [1.29, 1.82) is 0 Å². The van der Waals surface area contributed by atoms with Crippen molar-refractivity contribution in [2.24, 2.45) is 0 Å². The molecule has 0 aliphatic carbocycles. The van der Waals surface area contributed by atoms with Crippen LogP contribution in [-0.2, 0) is 10.0 Å². The summed E-state index contributed by atoms with van der Waals surface area (Å²) in [6.45, 7) is 5.40. The minimum Gasteiger partial charge on any atom is -0.506 e. The van der Waals surface area contributed by atoms with E-state index in [9.17, 15) is 13.5 Å². The summed E-state index contributed by atoms with van der Waals surface area (Å²) in [4.78, 5) is 0.220. The first kappa shape index (κ1) is 14.4. The summed E-state index contributed by atoms with van der Waals surface area (Å²) in [6, 6.07) is 10.0. The van der Waals surface area contributed by atoms with E-state index in [0.717, 1.165) is 11.1 Å². The lowest BCUT2D eigenvalue weighted by molar-refractivity contribution is 0.477. The summed E-state index contributed by atoms with van der Waals surface area (Å²) < 4.78 is 27.2. The highest BCUT2D eigenvalue weighted by Gasteiger charge is 2.18. The zero-order valence-electron chi connectivity index (χ0n) is 11.6. The first-order valence-corrected chi connectivity index (χ1v) is 7.67. The molecule has 4 nitrogen and oxygen atoms in total. The highest BCUT2D eigenvalue weighted by Crippen LogP contribution is 2.27. The fourth-order valence-corrected chi connectivity index (χ4v) is 3.33. The predicted molar refractivity (Wildman–Crippen MR) is 79.6 cm³/mol. The zero-order valence-corrected chi connectivity index (χ0v) is 12.5. The van der Waals surface area contributed by atoms with Crippen LogP contribution in [0.1, 0.15) is 16.7 Å². The quantitative estimate of drug-likeness (QED) is 0.854. The molecule has 2 rings (SSSR count). The molecule has 0 bridgehead atoms. The van der Waals surface area contributed by atoms with E-state index >= 15 is 0 Å². The molecule has 0 amide bonds. The normalized spacial score (nSPS) is 11.3. The van der Waals surface area contributed by atoms with Crippen LogP contribution in [-0.4, -0.2) is 13.5 Å². The minimum absolute atomic E-state index is 0.0844. The standard InChI is InChI=1S/C15H17NO3S/c1-10-5-7-13(14(17)8-10)16-20(18,19)15-9-11(2)4-6-12(15)3/h4-9,16-17H,1-3H3. The number of aryl methyl sites for hydroxylation is 3. The van der Waals surface area contributed by atoms with Gasteiger partial charge in [-0.25, -0.2) is 8.42 Å². The Bertz CT molecular complexity index is 752. The number of nitrogens with one attached hydrogen (secondary N) is 1. The van der Waals surface area contributed by atoms with Crippen LogP contribution in [0.15, 0.2) is 41.3 Å². The number of benzene rings is 2. The van der Waals surface area contributed by atoms with Gasteiger partial charge in [0.15, 0.2) is 0 Å². The van der Waals surface area contributed by atoms with Crippen LogP contribution in [0.4, 0.5) is 5.69 Å². The summed E-state index contributed by atoms with van der Waals surface area (Å²) >= 11 is 0. The van der Waals surface area contributed by atoms with Gasteiger partial charge in [-0.3, -0.25) is 4.72 Å². The van der Waals surface area contributed by atoms with Gasteiger partial charge in [0.25, 0.3) is 10.0 Å². The van der Waals surface area contributed by atoms with E-state index < -0.39 is 10.0 Å². The first-order valence-electron chi connectivity index (χ1n) is 6.19. The fraction of sp³-hybridized carbons (Fsp3) is 0.200. The van der Waals surface area contributed by atoms with Crippen molar-refractivity contribution in [3.8, 4) is 5.75 Å². The van der Waals surface area contributed by atoms with Crippen molar-refractivity contribution in [3.63, 3.8) is 0 Å². The van der Waals surface area contributed by atoms with Crippen LogP contribution >= 0.6 is 0 Å². The Morgan fingerprint density at radius 1 is 0.950 bits per heavy atom. The van der Waals surface area contributed by atoms with Crippen molar-refractivity contribution in [2.45, 2.75) is 25.7 Å². The molecular weight excluding hydrogens is 274 g/mol. The maximum atomic E-state index is 12.4. The second-order valence-corrected chi connectivity index (χ2v) is 6.55. The average Bonchev–Trinajstić information content (AvgIpc) is 2.35. The van der Waals surface area contributed by atoms with Crippen molar-refractivity contribution in [3.05, 3.63) is 53.1 Å². The Morgan fingerprint density at radius 3 is 2.20 bits per heavy atom. The Hall–Kier alpha value is -2.01. The van der Waals surface area contributed by atoms with E-state index in [0.29, 0.717) is 5.56 Å². The van der Waals surface area contributed by atoms with Gasteiger partial charge < -0.3 is 5.11 Å². The van der Waals surface area contributed by atoms with Gasteiger partial charge in [0.05, 0.1) is 10.6 Å². The van der Waals surface area contributed by atoms with E-state index in [1.807, 2.05) is 19.9 Å². The number of aromatic hydroxyl groups is 1. The molecule has 0 saturated heterocycles. The lowest BCUT2D eigenvalue weighted by Gasteiger charge is -2.12. The molecule has 0 heterocycles. The van der Waals surface area contributed by atoms with Crippen LogP contribution in [0.2, 0.25) is 0 Å². The number of phenols is 1. The molecule has 2 aromatic rings. The third-order valence-corrected chi connectivity index (χ3v) is 4.54. The van der Waals surface area contributed by atoms with Crippen LogP contribution in [0.25, 0.3) is 0 Å². The minimum atomic E-state index is -3.71. The van der Waals surface area contributed by atoms with Crippen LogP contribution in [0.5, 0.6) is 5.75 Å². The second-order valence-electron chi connectivity index (χ2n) is 4.90. The number of phenolic OH excluding ortho intramolecular Hbond substituents is 1. The molecule has 0 aromatic heterocycles. The molecule has 5 heteroatoms. The Kier molecular flexibility index (Phi) is 3.72. The molecule has 0 unspecified atom stereocenters. The van der Waals surface area contributed by atoms with Crippen molar-refractivity contribution >= 4 is 15.7 Å². The van der Waals surface area contributed by atoms with Crippen molar-refractivity contribution in [1.82, 2.24) is 0 Å². The molecule has 0 aliphatic heterocycles. The third-order valence-electron chi connectivity index (χ3n) is 3.03. The smallest absolute Gasteiger partial charge is 0.262 e. The van der Waals surface area contributed by atoms with Gasteiger partial charge in [0.1, 0.15) is 5.75 Å². The molecule has 0 aliphatic rings. The average molecular weight is 291 g/mol. The Morgan fingerprint density at radius 2 is 1.55 bits per heavy atom. The largest absolute Gasteiger partial charge is 0.506 e. The molecule has 0 spiro atoms. The van der Waals surface area contributed by atoms with Crippen LogP contribution < -0.4 is 4.72 Å². The van der Waals surface area contributed by atoms with Gasteiger partial charge in [-0.15, -0.1) is 0 Å². The lowest BCUT2D eigenvalue weighted by atomic mass is 10.2. The summed E-state index contributed by atoms with van der Waals surface area (Å²) in [5, 5.41) is 9.80. The monoisotopic (exact) mass is 291 g/mol. The maximum Gasteiger partial charge on any atom is 0.262 e. The summed E-state index contributed by atoms with van der Waals surface area (Å²) in [5.74, 6) is -0.0844. The van der Waals surface area contributed by atoms with Crippen molar-refractivity contribution in [2.75, 3.05) is 4.72 Å². The van der Waals surface area contributed by atoms with E-state index in [1.165, 1.54) is 6.07 Å². The summed E-state index contributed by atoms with van der Waals surface area (Å²) in [7, 11) is -3.71. The molecule has 20 heavy (non-hydrogen) atoms. The second kappa shape index (κ2) is 5.17. The highest BCUT2D eigenvalue weighted by molar-refractivity contribution is 7.92. The fourth-order valence-electron chi connectivity index (χ4n) is 1.92. The van der Waals surface area contributed by atoms with Gasteiger partial charge in [-0.05, 0) is 55.7 Å². The summed E-state index contributed by atoms with van der Waals surface area (Å²) in [5.41, 5.74) is 2.56. The highest BCUT2D eigenvalue weighted by atomic mass is 32.2. The van der Waals surface area contributed by atoms with E-state index in [2.05, 4.69) is 4.72 Å². The number of sulfonamides is 1. The van der Waals surface area contributed by atoms with Gasteiger partial charge in [0, 0.05) is 0 Å². The van der Waals surface area contributed by atoms with Gasteiger partial charge in [0.2, 0.25) is 0 Å². The summed E-state index contributed by atoms with van der Waals surface area (Å²) in [6.07, 6.45) is 0. The molecule has 2 N–H and O–H groups in total. The first-order chi connectivity index (χ1) is 9.29. The SMILES string of the molecule is Cc1ccc(NS(=O)(=O)c2cc(C)ccc2C)c(O)c1. The number of anilines is 1. The molecule has 0 saturated carbocycles. The predicted octanol–water partition coefficient (Wildman–Crippen LogP) is 3.12. The number of hydrogen-bond donors (Lipinski definition) is 2. The Balaban J connectivity index is 2.43. The maximum absolute atomic E-state index is 12.4. The van der Waals surface area contributed by atoms with E-state index in [-0.39, 0.29) is 16.3 Å². The molecule has 2 aromatic carbocycles.